The first-order valence-corrected chi connectivity index (χ1v) is 6.51. The number of pyridine rings is 1. The second-order valence-corrected chi connectivity index (χ2v) is 4.70. The Hall–Kier alpha value is -1.72. The molecule has 5 heteroatoms. The van der Waals surface area contributed by atoms with Crippen molar-refractivity contribution in [1.82, 2.24) is 4.98 Å². The second-order valence-electron chi connectivity index (χ2n) is 3.89. The van der Waals surface area contributed by atoms with E-state index >= 15 is 0 Å². The van der Waals surface area contributed by atoms with Gasteiger partial charge in [0.05, 0.1) is 6.61 Å². The third-order valence-corrected chi connectivity index (χ3v) is 2.95. The number of aromatic nitrogens is 1. The number of carbonyl (C=O) groups excluding carboxylic acids is 1. The topological polar surface area (TPSA) is 51.2 Å². The number of rotatable bonds is 4. The summed E-state index contributed by atoms with van der Waals surface area (Å²) < 4.78 is 5.73. The lowest BCUT2D eigenvalue weighted by molar-refractivity contribution is 0.102. The average molecular weight is 321 g/mol. The maximum absolute atomic E-state index is 12.1. The molecule has 0 bridgehead atoms. The molecule has 0 aliphatic rings. The number of amides is 1. The van der Waals surface area contributed by atoms with Gasteiger partial charge in [0.25, 0.3) is 5.91 Å². The summed E-state index contributed by atoms with van der Waals surface area (Å²) in [6.45, 7) is 0.447. The van der Waals surface area contributed by atoms with Crippen LogP contribution in [-0.4, -0.2) is 18.0 Å². The molecular weight excluding hydrogens is 308 g/mol. The van der Waals surface area contributed by atoms with E-state index in [-0.39, 0.29) is 5.91 Å². The van der Waals surface area contributed by atoms with E-state index in [0.29, 0.717) is 16.9 Å². The van der Waals surface area contributed by atoms with E-state index in [0.717, 1.165) is 11.3 Å². The van der Waals surface area contributed by atoms with E-state index in [2.05, 4.69) is 26.2 Å². The van der Waals surface area contributed by atoms with Gasteiger partial charge < -0.3 is 10.1 Å². The van der Waals surface area contributed by atoms with Crippen molar-refractivity contribution in [3.63, 3.8) is 0 Å². The second kappa shape index (κ2) is 6.45. The van der Waals surface area contributed by atoms with E-state index < -0.39 is 0 Å². The highest BCUT2D eigenvalue weighted by atomic mass is 79.9. The highest BCUT2D eigenvalue weighted by molar-refractivity contribution is 9.10. The standard InChI is InChI=1S/C14H13BrN2O2/c1-19-9-10-5-2-3-6-11(10)17-14(18)12-7-4-8-13(15)16-12/h2-8H,9H2,1H3,(H,17,18). The summed E-state index contributed by atoms with van der Waals surface area (Å²) in [6, 6.07) is 12.7. The Morgan fingerprint density at radius 3 is 2.79 bits per heavy atom. The summed E-state index contributed by atoms with van der Waals surface area (Å²) in [6.07, 6.45) is 0. The first kappa shape index (κ1) is 13.7. The summed E-state index contributed by atoms with van der Waals surface area (Å²) in [5.41, 5.74) is 2.02. The van der Waals surface area contributed by atoms with Gasteiger partial charge in [-0.05, 0) is 34.1 Å². The minimum atomic E-state index is -0.246. The van der Waals surface area contributed by atoms with Crippen molar-refractivity contribution < 1.29 is 9.53 Å². The van der Waals surface area contributed by atoms with E-state index in [4.69, 9.17) is 4.74 Å². The van der Waals surface area contributed by atoms with Crippen LogP contribution in [0.3, 0.4) is 0 Å². The summed E-state index contributed by atoms with van der Waals surface area (Å²) in [5, 5.41) is 2.84. The Kier molecular flexibility index (Phi) is 4.65. The monoisotopic (exact) mass is 320 g/mol. The van der Waals surface area contributed by atoms with Crippen molar-refractivity contribution in [3.05, 3.63) is 58.3 Å². The van der Waals surface area contributed by atoms with Gasteiger partial charge in [0.2, 0.25) is 0 Å². The van der Waals surface area contributed by atoms with Crippen molar-refractivity contribution in [3.8, 4) is 0 Å². The molecule has 1 aromatic carbocycles. The van der Waals surface area contributed by atoms with Gasteiger partial charge in [-0.25, -0.2) is 4.98 Å². The fourth-order valence-electron chi connectivity index (χ4n) is 1.64. The van der Waals surface area contributed by atoms with Crippen LogP contribution in [0.5, 0.6) is 0 Å². The molecule has 4 nitrogen and oxygen atoms in total. The predicted octanol–water partition coefficient (Wildman–Crippen LogP) is 3.24. The molecule has 0 unspecified atom stereocenters. The Bertz CT molecular complexity index is 587. The number of halogens is 1. The number of hydrogen-bond acceptors (Lipinski definition) is 3. The van der Waals surface area contributed by atoms with E-state index in [1.54, 1.807) is 25.3 Å². The number of nitrogens with zero attached hydrogens (tertiary/aromatic N) is 1. The van der Waals surface area contributed by atoms with Gasteiger partial charge in [-0.1, -0.05) is 24.3 Å². The number of anilines is 1. The Morgan fingerprint density at radius 2 is 2.05 bits per heavy atom. The molecule has 98 valence electrons. The summed E-state index contributed by atoms with van der Waals surface area (Å²) >= 11 is 3.24. The molecule has 0 saturated heterocycles. The first-order valence-electron chi connectivity index (χ1n) is 5.71. The number of ether oxygens (including phenoxy) is 1. The molecule has 0 radical (unpaired) electrons. The molecule has 1 heterocycles. The molecule has 0 aliphatic carbocycles. The summed E-state index contributed by atoms with van der Waals surface area (Å²) in [5.74, 6) is -0.246. The highest BCUT2D eigenvalue weighted by Crippen LogP contribution is 2.17. The number of hydrogen-bond donors (Lipinski definition) is 1. The highest BCUT2D eigenvalue weighted by Gasteiger charge is 2.10. The molecule has 0 aliphatic heterocycles. The smallest absolute Gasteiger partial charge is 0.274 e. The number of nitrogens with one attached hydrogen (secondary N) is 1. The minimum absolute atomic E-state index is 0.246. The van der Waals surface area contributed by atoms with Crippen LogP contribution < -0.4 is 5.32 Å². The Labute approximate surface area is 119 Å². The van der Waals surface area contributed by atoms with Gasteiger partial charge >= 0.3 is 0 Å². The largest absolute Gasteiger partial charge is 0.380 e. The molecule has 0 saturated carbocycles. The number of para-hydroxylation sites is 1. The van der Waals surface area contributed by atoms with Crippen molar-refractivity contribution in [1.29, 1.82) is 0 Å². The molecular formula is C14H13BrN2O2. The first-order chi connectivity index (χ1) is 9.20. The zero-order chi connectivity index (χ0) is 13.7. The van der Waals surface area contributed by atoms with Crippen LogP contribution in [0, 0.1) is 0 Å². The third kappa shape index (κ3) is 3.62. The molecule has 1 amide bonds. The van der Waals surface area contributed by atoms with Crippen LogP contribution in [-0.2, 0) is 11.3 Å². The molecule has 19 heavy (non-hydrogen) atoms. The SMILES string of the molecule is COCc1ccccc1NC(=O)c1cccc(Br)n1. The van der Waals surface area contributed by atoms with E-state index in [9.17, 15) is 4.79 Å². The van der Waals surface area contributed by atoms with Gasteiger partial charge in [-0.3, -0.25) is 4.79 Å². The van der Waals surface area contributed by atoms with Crippen LogP contribution in [0.15, 0.2) is 47.1 Å². The normalized spacial score (nSPS) is 10.2. The zero-order valence-electron chi connectivity index (χ0n) is 10.4. The van der Waals surface area contributed by atoms with Crippen molar-refractivity contribution in [2.45, 2.75) is 6.61 Å². The zero-order valence-corrected chi connectivity index (χ0v) is 12.0. The number of carbonyl (C=O) groups is 1. The van der Waals surface area contributed by atoms with E-state index in [1.165, 1.54) is 0 Å². The fraction of sp³-hybridized carbons (Fsp3) is 0.143. The van der Waals surface area contributed by atoms with Crippen LogP contribution in [0.25, 0.3) is 0 Å². The van der Waals surface area contributed by atoms with Crippen LogP contribution in [0.2, 0.25) is 0 Å². The quantitative estimate of drug-likeness (QED) is 0.880. The average Bonchev–Trinajstić information content (AvgIpc) is 2.41. The Morgan fingerprint density at radius 1 is 1.26 bits per heavy atom. The van der Waals surface area contributed by atoms with Gasteiger partial charge in [0, 0.05) is 18.4 Å². The molecule has 0 atom stereocenters. The summed E-state index contributed by atoms with van der Waals surface area (Å²) in [4.78, 5) is 16.2. The lowest BCUT2D eigenvalue weighted by Crippen LogP contribution is -2.15. The molecule has 2 rings (SSSR count). The van der Waals surface area contributed by atoms with Crippen LogP contribution in [0.1, 0.15) is 16.1 Å². The van der Waals surface area contributed by atoms with Crippen molar-refractivity contribution >= 4 is 27.5 Å². The Balaban J connectivity index is 2.19. The molecule has 0 spiro atoms. The molecule has 2 aromatic rings. The van der Waals surface area contributed by atoms with Gasteiger partial charge in [-0.15, -0.1) is 0 Å². The van der Waals surface area contributed by atoms with Crippen molar-refractivity contribution in [2.24, 2.45) is 0 Å². The van der Waals surface area contributed by atoms with Gasteiger partial charge in [0.1, 0.15) is 10.3 Å². The van der Waals surface area contributed by atoms with Gasteiger partial charge in [-0.2, -0.15) is 0 Å². The lowest BCUT2D eigenvalue weighted by Gasteiger charge is -2.10. The maximum atomic E-state index is 12.1. The van der Waals surface area contributed by atoms with Crippen LogP contribution in [0.4, 0.5) is 5.69 Å². The predicted molar refractivity (Wildman–Crippen MR) is 77.0 cm³/mol. The third-order valence-electron chi connectivity index (χ3n) is 2.51. The van der Waals surface area contributed by atoms with Crippen LogP contribution >= 0.6 is 15.9 Å². The lowest BCUT2D eigenvalue weighted by atomic mass is 10.2. The molecule has 1 aromatic heterocycles. The van der Waals surface area contributed by atoms with Crippen molar-refractivity contribution in [2.75, 3.05) is 12.4 Å². The minimum Gasteiger partial charge on any atom is -0.380 e. The maximum Gasteiger partial charge on any atom is 0.274 e. The van der Waals surface area contributed by atoms with Gasteiger partial charge in [0.15, 0.2) is 0 Å². The van der Waals surface area contributed by atoms with E-state index in [1.807, 2.05) is 24.3 Å². The number of methoxy groups -OCH3 is 1. The summed E-state index contributed by atoms with van der Waals surface area (Å²) in [7, 11) is 1.62. The molecule has 1 N–H and O–H groups in total. The fourth-order valence-corrected chi connectivity index (χ4v) is 1.99. The molecule has 0 fully saturated rings. The number of benzene rings is 1.